The van der Waals surface area contributed by atoms with E-state index in [-0.39, 0.29) is 17.9 Å². The van der Waals surface area contributed by atoms with E-state index in [1.54, 1.807) is 29.2 Å². The number of rotatable bonds is 15. The zero-order chi connectivity index (χ0) is 37.8. The van der Waals surface area contributed by atoms with E-state index in [0.717, 1.165) is 52.6 Å². The van der Waals surface area contributed by atoms with E-state index in [2.05, 4.69) is 20.9 Å². The van der Waals surface area contributed by atoms with E-state index in [0.29, 0.717) is 56.7 Å². The lowest BCUT2D eigenvalue weighted by atomic mass is 10.00. The molecule has 282 valence electrons. The average molecular weight is 736 g/mol. The number of nitrogens with one attached hydrogen (secondary N) is 3. The molecule has 3 amide bonds. The van der Waals surface area contributed by atoms with Crippen LogP contribution in [0.1, 0.15) is 42.5 Å². The Hall–Kier alpha value is -5.77. The molecule has 2 aliphatic rings. The van der Waals surface area contributed by atoms with Crippen molar-refractivity contribution in [3.05, 3.63) is 139 Å². The fraction of sp³-hybridized carbons (Fsp3) is 0.283. The lowest BCUT2D eigenvalue weighted by Gasteiger charge is -2.33. The van der Waals surface area contributed by atoms with Crippen molar-refractivity contribution < 1.29 is 19.1 Å². The Morgan fingerprint density at radius 2 is 1.27 bits per heavy atom. The van der Waals surface area contributed by atoms with Gasteiger partial charge in [-0.3, -0.25) is 9.59 Å². The van der Waals surface area contributed by atoms with Crippen LogP contribution >= 0.6 is 0 Å². The Morgan fingerprint density at radius 1 is 0.673 bits per heavy atom. The molecule has 5 aromatic rings. The molecule has 2 fully saturated rings. The summed E-state index contributed by atoms with van der Waals surface area (Å²) < 4.78 is 6.32. The quantitative estimate of drug-likeness (QED) is 0.0933. The number of hydrogen-bond acceptors (Lipinski definition) is 6. The van der Waals surface area contributed by atoms with Gasteiger partial charge in [0.25, 0.3) is 5.91 Å². The number of ether oxygens (including phenoxy) is 1. The Balaban J connectivity index is 0.953. The molecule has 9 heteroatoms. The fourth-order valence-corrected chi connectivity index (χ4v) is 7.05. The number of para-hydroxylation sites is 2. The van der Waals surface area contributed by atoms with E-state index in [9.17, 15) is 14.4 Å². The lowest BCUT2D eigenvalue weighted by molar-refractivity contribution is -0.116. The molecule has 0 unspecified atom stereocenters. The smallest absolute Gasteiger partial charge is 0.419 e. The zero-order valence-corrected chi connectivity index (χ0v) is 31.2. The van der Waals surface area contributed by atoms with Crippen molar-refractivity contribution in [1.29, 1.82) is 0 Å². The topological polar surface area (TPSA) is 103 Å². The van der Waals surface area contributed by atoms with Crippen molar-refractivity contribution in [1.82, 2.24) is 15.5 Å². The van der Waals surface area contributed by atoms with Gasteiger partial charge in [0.15, 0.2) is 0 Å². The molecule has 3 N–H and O–H groups in total. The molecule has 0 aromatic heterocycles. The zero-order valence-electron chi connectivity index (χ0n) is 31.2. The second-order valence-corrected chi connectivity index (χ2v) is 14.3. The Kier molecular flexibility index (Phi) is 12.6. The van der Waals surface area contributed by atoms with Crippen LogP contribution in [0.5, 0.6) is 0 Å². The van der Waals surface area contributed by atoms with Gasteiger partial charge >= 0.3 is 6.09 Å². The van der Waals surface area contributed by atoms with E-state index in [4.69, 9.17) is 4.74 Å². The monoisotopic (exact) mass is 735 g/mol. The first-order valence-electron chi connectivity index (χ1n) is 19.4. The molecule has 0 spiro atoms. The normalized spacial score (nSPS) is 14.5. The number of carbonyl (C=O) groups is 3. The number of piperidine rings is 1. The number of carbonyl (C=O) groups excluding carboxylic acids is 3. The molecule has 1 heterocycles. The number of likely N-dealkylation sites (tertiary alicyclic amines) is 1. The maximum absolute atomic E-state index is 14.4. The molecular formula is C46H49N5O4. The second kappa shape index (κ2) is 18.5. The van der Waals surface area contributed by atoms with Crippen LogP contribution in [0.25, 0.3) is 22.3 Å². The number of hydrogen-bond donors (Lipinski definition) is 3. The SMILES string of the molecule is O=C(CCN1CCC(OC(=O)N(c2ccccc2-c2ccccc2)c2ccccc2-c2ccccc2)CC1)Nc1cccc(C(=O)NCCNCC2CC2)c1. The third-order valence-electron chi connectivity index (χ3n) is 10.2. The number of nitrogens with zero attached hydrogens (tertiary/aromatic N) is 2. The first-order chi connectivity index (χ1) is 27.0. The van der Waals surface area contributed by atoms with Gasteiger partial charge in [0.05, 0.1) is 11.4 Å². The molecule has 7 rings (SSSR count). The van der Waals surface area contributed by atoms with E-state index < -0.39 is 6.09 Å². The van der Waals surface area contributed by atoms with Gasteiger partial charge in [-0.2, -0.15) is 0 Å². The van der Waals surface area contributed by atoms with Gasteiger partial charge in [0.1, 0.15) is 6.10 Å². The molecule has 0 radical (unpaired) electrons. The van der Waals surface area contributed by atoms with Gasteiger partial charge < -0.3 is 25.6 Å². The predicted molar refractivity (Wildman–Crippen MR) is 219 cm³/mol. The first kappa shape index (κ1) is 37.5. The van der Waals surface area contributed by atoms with Crippen LogP contribution in [0.2, 0.25) is 0 Å². The van der Waals surface area contributed by atoms with E-state index in [1.807, 2.05) is 109 Å². The van der Waals surface area contributed by atoms with Gasteiger partial charge in [-0.1, -0.05) is 103 Å². The van der Waals surface area contributed by atoms with Gasteiger partial charge in [-0.15, -0.1) is 0 Å². The van der Waals surface area contributed by atoms with Crippen LogP contribution in [0.15, 0.2) is 133 Å². The van der Waals surface area contributed by atoms with Crippen LogP contribution in [0.3, 0.4) is 0 Å². The average Bonchev–Trinajstić information content (AvgIpc) is 4.06. The summed E-state index contributed by atoms with van der Waals surface area (Å²) in [5, 5.41) is 9.27. The standard InChI is InChI=1S/C46H49N5O4/c52-44(49-38-17-11-16-37(32-38)45(53)48-28-27-47-33-34-22-23-34)26-31-50-29-24-39(25-30-50)55-46(54)51(42-20-9-7-18-40(42)35-12-3-1-4-13-35)43-21-10-8-19-41(43)36-14-5-2-6-15-36/h1-21,32,34,39,47H,22-31,33H2,(H,48,53)(H,49,52). The minimum atomic E-state index is -0.425. The lowest BCUT2D eigenvalue weighted by Crippen LogP contribution is -2.41. The highest BCUT2D eigenvalue weighted by Gasteiger charge is 2.30. The Bertz CT molecular complexity index is 1960. The van der Waals surface area contributed by atoms with E-state index >= 15 is 0 Å². The highest BCUT2D eigenvalue weighted by Crippen LogP contribution is 2.40. The molecule has 0 atom stereocenters. The van der Waals surface area contributed by atoms with Gasteiger partial charge in [0, 0.05) is 61.5 Å². The summed E-state index contributed by atoms with van der Waals surface area (Å²) in [5.74, 6) is 0.533. The third-order valence-corrected chi connectivity index (χ3v) is 10.2. The summed E-state index contributed by atoms with van der Waals surface area (Å²) in [6, 6.07) is 43.1. The van der Waals surface area contributed by atoms with Crippen molar-refractivity contribution in [2.75, 3.05) is 49.5 Å². The number of amides is 3. The summed E-state index contributed by atoms with van der Waals surface area (Å²) in [4.78, 5) is 44.0. The fourth-order valence-electron chi connectivity index (χ4n) is 7.05. The molecular weight excluding hydrogens is 687 g/mol. The van der Waals surface area contributed by atoms with Gasteiger partial charge in [-0.25, -0.2) is 9.69 Å². The minimum Gasteiger partial charge on any atom is -0.445 e. The van der Waals surface area contributed by atoms with Crippen molar-refractivity contribution in [3.63, 3.8) is 0 Å². The van der Waals surface area contributed by atoms with Crippen molar-refractivity contribution in [2.45, 2.75) is 38.2 Å². The molecule has 9 nitrogen and oxygen atoms in total. The molecule has 0 bridgehead atoms. The van der Waals surface area contributed by atoms with Crippen LogP contribution in [0, 0.1) is 5.92 Å². The molecule has 55 heavy (non-hydrogen) atoms. The molecule has 5 aromatic carbocycles. The molecule has 1 saturated carbocycles. The largest absolute Gasteiger partial charge is 0.445 e. The highest BCUT2D eigenvalue weighted by molar-refractivity contribution is 6.04. The minimum absolute atomic E-state index is 0.111. The van der Waals surface area contributed by atoms with Crippen molar-refractivity contribution in [2.24, 2.45) is 5.92 Å². The number of anilines is 3. The van der Waals surface area contributed by atoms with E-state index in [1.165, 1.54) is 12.8 Å². The maximum Gasteiger partial charge on any atom is 0.419 e. The third kappa shape index (κ3) is 10.3. The van der Waals surface area contributed by atoms with Crippen molar-refractivity contribution >= 4 is 35.0 Å². The second-order valence-electron chi connectivity index (χ2n) is 14.3. The summed E-state index contributed by atoms with van der Waals surface area (Å²) in [5.41, 5.74) is 6.47. The van der Waals surface area contributed by atoms with Crippen LogP contribution < -0.4 is 20.9 Å². The van der Waals surface area contributed by atoms with Gasteiger partial charge in [-0.05, 0) is 79.6 Å². The predicted octanol–water partition coefficient (Wildman–Crippen LogP) is 8.52. The Labute approximate surface area is 323 Å². The summed E-state index contributed by atoms with van der Waals surface area (Å²) in [6.45, 7) is 4.30. The molecule has 1 aliphatic heterocycles. The van der Waals surface area contributed by atoms with Crippen molar-refractivity contribution in [3.8, 4) is 22.3 Å². The Morgan fingerprint density at radius 3 is 1.89 bits per heavy atom. The van der Waals surface area contributed by atoms with Crippen LogP contribution in [-0.4, -0.2) is 68.2 Å². The summed E-state index contributed by atoms with van der Waals surface area (Å²) >= 11 is 0. The molecule has 1 saturated heterocycles. The van der Waals surface area contributed by atoms with Gasteiger partial charge in [0.2, 0.25) is 5.91 Å². The highest BCUT2D eigenvalue weighted by atomic mass is 16.6. The summed E-state index contributed by atoms with van der Waals surface area (Å²) in [7, 11) is 0. The van der Waals surface area contributed by atoms with Crippen LogP contribution in [-0.2, 0) is 9.53 Å². The molecule has 1 aliphatic carbocycles. The van der Waals surface area contributed by atoms with Crippen LogP contribution in [0.4, 0.5) is 21.9 Å². The number of benzene rings is 5. The summed E-state index contributed by atoms with van der Waals surface area (Å²) in [6.07, 6.45) is 3.54. The first-order valence-corrected chi connectivity index (χ1v) is 19.4. The maximum atomic E-state index is 14.4.